The van der Waals surface area contributed by atoms with Crippen LogP contribution in [0.4, 0.5) is 5.82 Å². The highest BCUT2D eigenvalue weighted by Gasteiger charge is 2.40. The number of rotatable bonds is 7. The van der Waals surface area contributed by atoms with Crippen molar-refractivity contribution in [3.05, 3.63) is 40.2 Å². The van der Waals surface area contributed by atoms with Crippen LogP contribution in [0.25, 0.3) is 0 Å². The fourth-order valence-corrected chi connectivity index (χ4v) is 4.92. The van der Waals surface area contributed by atoms with Crippen molar-refractivity contribution in [1.82, 2.24) is 19.7 Å². The van der Waals surface area contributed by atoms with Crippen molar-refractivity contribution >= 4 is 23.3 Å². The number of hydrogen-bond donors (Lipinski definition) is 2. The van der Waals surface area contributed by atoms with Crippen LogP contribution in [-0.2, 0) is 16.6 Å². The highest BCUT2D eigenvalue weighted by Crippen LogP contribution is 2.47. The van der Waals surface area contributed by atoms with E-state index in [1.807, 2.05) is 13.0 Å². The molecule has 9 heteroatoms. The van der Waals surface area contributed by atoms with E-state index in [0.717, 1.165) is 36.5 Å². The molecule has 0 bridgehead atoms. The zero-order valence-corrected chi connectivity index (χ0v) is 17.9. The summed E-state index contributed by atoms with van der Waals surface area (Å²) in [6.45, 7) is 4.04. The molecule has 1 amide bonds. The Morgan fingerprint density at radius 1 is 1.40 bits per heavy atom. The molecule has 0 aliphatic heterocycles. The Balaban J connectivity index is 1.20. The first-order chi connectivity index (χ1) is 14.5. The fourth-order valence-electron chi connectivity index (χ4n) is 4.22. The molecule has 0 aromatic carbocycles. The van der Waals surface area contributed by atoms with Crippen LogP contribution in [0.3, 0.4) is 0 Å². The first kappa shape index (κ1) is 19.3. The topological polar surface area (TPSA) is 106 Å². The first-order valence-corrected chi connectivity index (χ1v) is 11.2. The normalized spacial score (nSPS) is 23.6. The number of aryl methyl sites for hydroxylation is 1. The number of ether oxygens (including phenoxy) is 1. The van der Waals surface area contributed by atoms with E-state index in [1.165, 1.54) is 29.9 Å². The third-order valence-corrected chi connectivity index (χ3v) is 6.69. The maximum Gasteiger partial charge on any atom is 0.233 e. The summed E-state index contributed by atoms with van der Waals surface area (Å²) in [6, 6.07) is 3.68. The molecule has 158 valence electrons. The Hall–Kier alpha value is -2.68. The van der Waals surface area contributed by atoms with Crippen LogP contribution in [0.2, 0.25) is 0 Å². The number of amides is 1. The van der Waals surface area contributed by atoms with Gasteiger partial charge in [0, 0.05) is 34.2 Å². The van der Waals surface area contributed by atoms with Gasteiger partial charge in [-0.3, -0.25) is 9.89 Å². The van der Waals surface area contributed by atoms with Gasteiger partial charge in [-0.25, -0.2) is 0 Å². The van der Waals surface area contributed by atoms with Crippen molar-refractivity contribution in [2.45, 2.75) is 69.8 Å². The average Bonchev–Trinajstić information content (AvgIpc) is 3.08. The molecule has 8 nitrogen and oxygen atoms in total. The number of aromatic nitrogens is 4. The standard InChI is InChI=1S/C21H25N5O3S/c1-12-7-15(29-25-12)8-19(27)22-18-9-17(23-24-18)21(2)6-5-14(10-21)28-20-16(11-30-26-20)13-3-4-13/h7,9,11,13-14H,3-6,8,10H2,1-2H3,(H2,22,23,24,27). The van der Waals surface area contributed by atoms with Crippen molar-refractivity contribution in [1.29, 1.82) is 0 Å². The predicted octanol–water partition coefficient (Wildman–Crippen LogP) is 4.11. The molecule has 3 heterocycles. The molecular formula is C21H25N5O3S. The first-order valence-electron chi connectivity index (χ1n) is 10.4. The van der Waals surface area contributed by atoms with E-state index in [0.29, 0.717) is 17.5 Å². The van der Waals surface area contributed by atoms with E-state index in [4.69, 9.17) is 9.26 Å². The molecule has 2 unspecified atom stereocenters. The van der Waals surface area contributed by atoms with E-state index in [-0.39, 0.29) is 23.8 Å². The van der Waals surface area contributed by atoms with E-state index < -0.39 is 0 Å². The molecule has 5 rings (SSSR count). The summed E-state index contributed by atoms with van der Waals surface area (Å²) in [4.78, 5) is 12.2. The summed E-state index contributed by atoms with van der Waals surface area (Å²) in [6.07, 6.45) is 5.63. The second kappa shape index (κ2) is 7.54. The Morgan fingerprint density at radius 2 is 2.27 bits per heavy atom. The minimum Gasteiger partial charge on any atom is -0.474 e. The molecule has 2 aliphatic rings. The van der Waals surface area contributed by atoms with Gasteiger partial charge in [-0.1, -0.05) is 12.1 Å². The summed E-state index contributed by atoms with van der Waals surface area (Å²) in [5, 5.41) is 16.2. The van der Waals surface area contributed by atoms with Gasteiger partial charge < -0.3 is 14.6 Å². The van der Waals surface area contributed by atoms with E-state index in [1.54, 1.807) is 6.07 Å². The van der Waals surface area contributed by atoms with Gasteiger partial charge >= 0.3 is 0 Å². The minimum absolute atomic E-state index is 0.0710. The monoisotopic (exact) mass is 427 g/mol. The highest BCUT2D eigenvalue weighted by molar-refractivity contribution is 7.03. The third kappa shape index (κ3) is 3.98. The lowest BCUT2D eigenvalue weighted by molar-refractivity contribution is -0.115. The van der Waals surface area contributed by atoms with Gasteiger partial charge in [0.05, 0.1) is 12.1 Å². The van der Waals surface area contributed by atoms with Crippen molar-refractivity contribution < 1.29 is 14.1 Å². The van der Waals surface area contributed by atoms with Gasteiger partial charge in [0.25, 0.3) is 0 Å². The minimum atomic E-state index is -0.182. The molecule has 3 aromatic rings. The third-order valence-electron chi connectivity index (χ3n) is 6.06. The van der Waals surface area contributed by atoms with E-state index in [2.05, 4.69) is 37.3 Å². The summed E-state index contributed by atoms with van der Waals surface area (Å²) in [7, 11) is 0. The average molecular weight is 428 g/mol. The van der Waals surface area contributed by atoms with Crippen LogP contribution < -0.4 is 10.1 Å². The SMILES string of the molecule is Cc1cc(CC(=O)Nc2cc(C3(C)CCC(Oc4nscc4C4CC4)C3)[nH]n2)on1. The Bertz CT molecular complexity index is 1050. The summed E-state index contributed by atoms with van der Waals surface area (Å²) in [5.41, 5.74) is 2.98. The van der Waals surface area contributed by atoms with Crippen molar-refractivity contribution in [2.75, 3.05) is 5.32 Å². The molecule has 0 saturated heterocycles. The lowest BCUT2D eigenvalue weighted by Crippen LogP contribution is -2.22. The smallest absolute Gasteiger partial charge is 0.233 e. The predicted molar refractivity (Wildman–Crippen MR) is 112 cm³/mol. The molecule has 0 spiro atoms. The zero-order chi connectivity index (χ0) is 20.7. The van der Waals surface area contributed by atoms with Gasteiger partial charge in [-0.15, -0.1) is 0 Å². The lowest BCUT2D eigenvalue weighted by Gasteiger charge is -2.22. The number of nitrogens with one attached hydrogen (secondary N) is 2. The van der Waals surface area contributed by atoms with Gasteiger partial charge in [-0.05, 0) is 56.5 Å². The Labute approximate surface area is 178 Å². The number of anilines is 1. The van der Waals surface area contributed by atoms with Gasteiger partial charge in [0.15, 0.2) is 5.82 Å². The maximum absolute atomic E-state index is 12.2. The number of H-pyrrole nitrogens is 1. The van der Waals surface area contributed by atoms with Crippen LogP contribution in [-0.4, -0.2) is 31.7 Å². The van der Waals surface area contributed by atoms with Crippen molar-refractivity contribution in [3.63, 3.8) is 0 Å². The number of carbonyl (C=O) groups excluding carboxylic acids is 1. The number of nitrogens with zero attached hydrogens (tertiary/aromatic N) is 3. The molecule has 0 radical (unpaired) electrons. The number of carbonyl (C=O) groups is 1. The quantitative estimate of drug-likeness (QED) is 0.588. The number of aromatic amines is 1. The van der Waals surface area contributed by atoms with Crippen LogP contribution in [0.15, 0.2) is 22.0 Å². The van der Waals surface area contributed by atoms with Gasteiger partial charge in [0.1, 0.15) is 11.9 Å². The maximum atomic E-state index is 12.2. The second-order valence-corrected chi connectivity index (χ2v) is 9.35. The highest BCUT2D eigenvalue weighted by atomic mass is 32.1. The van der Waals surface area contributed by atoms with Crippen LogP contribution in [0, 0.1) is 6.92 Å². The van der Waals surface area contributed by atoms with Crippen molar-refractivity contribution in [3.8, 4) is 5.88 Å². The molecule has 2 saturated carbocycles. The lowest BCUT2D eigenvalue weighted by atomic mass is 9.85. The molecule has 2 N–H and O–H groups in total. The summed E-state index contributed by atoms with van der Waals surface area (Å²) >= 11 is 1.48. The van der Waals surface area contributed by atoms with Crippen LogP contribution in [0.1, 0.15) is 67.7 Å². The number of hydrogen-bond acceptors (Lipinski definition) is 7. The van der Waals surface area contributed by atoms with Crippen LogP contribution in [0.5, 0.6) is 5.88 Å². The van der Waals surface area contributed by atoms with E-state index in [9.17, 15) is 4.79 Å². The zero-order valence-electron chi connectivity index (χ0n) is 17.1. The van der Waals surface area contributed by atoms with Gasteiger partial charge in [-0.2, -0.15) is 9.47 Å². The van der Waals surface area contributed by atoms with E-state index >= 15 is 0 Å². The molecule has 2 aliphatic carbocycles. The van der Waals surface area contributed by atoms with Crippen molar-refractivity contribution in [2.24, 2.45) is 0 Å². The molecule has 2 fully saturated rings. The molecule has 2 atom stereocenters. The Morgan fingerprint density at radius 3 is 3.03 bits per heavy atom. The fraction of sp³-hybridized carbons (Fsp3) is 0.524. The molecule has 30 heavy (non-hydrogen) atoms. The summed E-state index contributed by atoms with van der Waals surface area (Å²) in [5.74, 6) is 2.35. The second-order valence-electron chi connectivity index (χ2n) is 8.72. The molecular weight excluding hydrogens is 402 g/mol. The largest absolute Gasteiger partial charge is 0.474 e. The molecule has 3 aromatic heterocycles. The summed E-state index contributed by atoms with van der Waals surface area (Å²) < 4.78 is 15.9. The van der Waals surface area contributed by atoms with Crippen LogP contribution >= 0.6 is 11.5 Å². The Kier molecular flexibility index (Phi) is 4.85. The van der Waals surface area contributed by atoms with Gasteiger partial charge in [0.2, 0.25) is 11.8 Å².